The zero-order chi connectivity index (χ0) is 18.8. The SMILES string of the molecule is CCCN(CCC)[C@H]1Cc2c(I)ccc3c2[C@H](C1)CN3Cc1ccccc1. The second-order valence-corrected chi connectivity index (χ2v) is 9.31. The molecule has 0 fully saturated rings. The smallest absolute Gasteiger partial charge is 0.0429 e. The monoisotopic (exact) mass is 474 g/mol. The van der Waals surface area contributed by atoms with Crippen LogP contribution < -0.4 is 4.90 Å². The molecule has 2 aromatic carbocycles. The summed E-state index contributed by atoms with van der Waals surface area (Å²) in [6, 6.07) is 16.4. The summed E-state index contributed by atoms with van der Waals surface area (Å²) in [7, 11) is 0. The molecule has 0 radical (unpaired) electrons. The number of hydrogen-bond acceptors (Lipinski definition) is 2. The highest BCUT2D eigenvalue weighted by Crippen LogP contribution is 2.47. The largest absolute Gasteiger partial charge is 0.366 e. The van der Waals surface area contributed by atoms with Crippen molar-refractivity contribution in [2.75, 3.05) is 24.5 Å². The molecule has 2 aromatic rings. The van der Waals surface area contributed by atoms with Crippen LogP contribution in [0.4, 0.5) is 5.69 Å². The maximum absolute atomic E-state index is 2.77. The van der Waals surface area contributed by atoms with E-state index in [9.17, 15) is 0 Å². The molecule has 0 aromatic heterocycles. The molecule has 144 valence electrons. The van der Waals surface area contributed by atoms with Crippen molar-refractivity contribution < 1.29 is 0 Å². The van der Waals surface area contributed by atoms with Gasteiger partial charge in [0.05, 0.1) is 0 Å². The van der Waals surface area contributed by atoms with Crippen molar-refractivity contribution in [3.05, 3.63) is 62.7 Å². The molecule has 1 aliphatic heterocycles. The second-order valence-electron chi connectivity index (χ2n) is 8.15. The van der Waals surface area contributed by atoms with Gasteiger partial charge in [0.25, 0.3) is 0 Å². The molecule has 4 rings (SSSR count). The number of rotatable bonds is 7. The van der Waals surface area contributed by atoms with Crippen LogP contribution in [-0.2, 0) is 13.0 Å². The second kappa shape index (κ2) is 8.52. The third-order valence-electron chi connectivity index (χ3n) is 6.22. The molecule has 3 heteroatoms. The highest BCUT2D eigenvalue weighted by atomic mass is 127. The summed E-state index contributed by atoms with van der Waals surface area (Å²) in [6.45, 7) is 9.33. The van der Waals surface area contributed by atoms with Crippen LogP contribution in [0.5, 0.6) is 0 Å². The van der Waals surface area contributed by atoms with E-state index in [2.05, 4.69) is 88.7 Å². The average molecular weight is 474 g/mol. The van der Waals surface area contributed by atoms with E-state index in [1.807, 2.05) is 0 Å². The first-order valence-corrected chi connectivity index (χ1v) is 11.6. The highest BCUT2D eigenvalue weighted by Gasteiger charge is 2.38. The summed E-state index contributed by atoms with van der Waals surface area (Å²) >= 11 is 2.57. The molecule has 0 spiro atoms. The average Bonchev–Trinajstić information content (AvgIpc) is 3.03. The first kappa shape index (κ1) is 19.3. The number of hydrogen-bond donors (Lipinski definition) is 0. The molecular weight excluding hydrogens is 443 g/mol. The Bertz CT molecular complexity index is 767. The van der Waals surface area contributed by atoms with Gasteiger partial charge in [-0.05, 0) is 90.2 Å². The lowest BCUT2D eigenvalue weighted by Crippen LogP contribution is -2.41. The molecular formula is C24H31IN2. The van der Waals surface area contributed by atoms with Gasteiger partial charge >= 0.3 is 0 Å². The van der Waals surface area contributed by atoms with Crippen molar-refractivity contribution in [2.24, 2.45) is 0 Å². The molecule has 0 saturated heterocycles. The zero-order valence-corrected chi connectivity index (χ0v) is 18.8. The summed E-state index contributed by atoms with van der Waals surface area (Å²) < 4.78 is 1.47. The zero-order valence-electron chi connectivity index (χ0n) is 16.6. The van der Waals surface area contributed by atoms with Gasteiger partial charge in [-0.2, -0.15) is 0 Å². The number of anilines is 1. The van der Waals surface area contributed by atoms with Gasteiger partial charge < -0.3 is 9.80 Å². The summed E-state index contributed by atoms with van der Waals surface area (Å²) in [6.07, 6.45) is 5.07. The maximum Gasteiger partial charge on any atom is 0.0429 e. The first-order chi connectivity index (χ1) is 13.2. The fraction of sp³-hybridized carbons (Fsp3) is 0.500. The lowest BCUT2D eigenvalue weighted by Gasteiger charge is -2.37. The number of halogens is 1. The molecule has 0 saturated carbocycles. The lowest BCUT2D eigenvalue weighted by molar-refractivity contribution is 0.172. The van der Waals surface area contributed by atoms with E-state index in [0.29, 0.717) is 12.0 Å². The third kappa shape index (κ3) is 3.91. The molecule has 0 amide bonds. The Balaban J connectivity index is 1.62. The van der Waals surface area contributed by atoms with E-state index in [-0.39, 0.29) is 0 Å². The lowest BCUT2D eigenvalue weighted by atomic mass is 9.80. The van der Waals surface area contributed by atoms with Crippen LogP contribution >= 0.6 is 22.6 Å². The fourth-order valence-corrected chi connectivity index (χ4v) is 5.83. The topological polar surface area (TPSA) is 6.48 Å². The normalized spacial score (nSPS) is 21.0. The predicted octanol–water partition coefficient (Wildman–Crippen LogP) is 5.83. The Hall–Kier alpha value is -1.07. The van der Waals surface area contributed by atoms with Gasteiger partial charge in [-0.3, -0.25) is 0 Å². The van der Waals surface area contributed by atoms with Gasteiger partial charge in [0.15, 0.2) is 0 Å². The van der Waals surface area contributed by atoms with Crippen LogP contribution in [0.1, 0.15) is 55.7 Å². The van der Waals surface area contributed by atoms with E-state index in [0.717, 1.165) is 6.54 Å². The Morgan fingerprint density at radius 1 is 1.04 bits per heavy atom. The van der Waals surface area contributed by atoms with Gasteiger partial charge in [-0.15, -0.1) is 0 Å². The quantitative estimate of drug-likeness (QED) is 0.466. The Morgan fingerprint density at radius 2 is 1.78 bits per heavy atom. The molecule has 1 heterocycles. The van der Waals surface area contributed by atoms with Crippen molar-refractivity contribution >= 4 is 28.3 Å². The van der Waals surface area contributed by atoms with Gasteiger partial charge in [-0.1, -0.05) is 44.2 Å². The Morgan fingerprint density at radius 3 is 2.48 bits per heavy atom. The van der Waals surface area contributed by atoms with E-state index in [1.165, 1.54) is 60.1 Å². The van der Waals surface area contributed by atoms with Crippen molar-refractivity contribution in [3.63, 3.8) is 0 Å². The van der Waals surface area contributed by atoms with Crippen molar-refractivity contribution in [1.82, 2.24) is 4.90 Å². The van der Waals surface area contributed by atoms with Crippen LogP contribution in [0.25, 0.3) is 0 Å². The van der Waals surface area contributed by atoms with Gasteiger partial charge in [0.1, 0.15) is 0 Å². The molecule has 0 N–H and O–H groups in total. The molecule has 0 bridgehead atoms. The highest BCUT2D eigenvalue weighted by molar-refractivity contribution is 14.1. The number of nitrogens with zero attached hydrogens (tertiary/aromatic N) is 2. The first-order valence-electron chi connectivity index (χ1n) is 10.6. The summed E-state index contributed by atoms with van der Waals surface area (Å²) in [5, 5.41) is 0. The maximum atomic E-state index is 2.77. The summed E-state index contributed by atoms with van der Waals surface area (Å²) in [5.41, 5.74) is 6.22. The Labute approximate surface area is 178 Å². The van der Waals surface area contributed by atoms with Gasteiger partial charge in [0.2, 0.25) is 0 Å². The van der Waals surface area contributed by atoms with Crippen LogP contribution in [0, 0.1) is 3.57 Å². The number of benzene rings is 2. The minimum Gasteiger partial charge on any atom is -0.366 e. The summed E-state index contributed by atoms with van der Waals surface area (Å²) in [5.74, 6) is 0.698. The molecule has 27 heavy (non-hydrogen) atoms. The molecule has 1 aliphatic carbocycles. The Kier molecular flexibility index (Phi) is 6.08. The van der Waals surface area contributed by atoms with Gasteiger partial charge in [-0.25, -0.2) is 0 Å². The van der Waals surface area contributed by atoms with Crippen molar-refractivity contribution in [3.8, 4) is 0 Å². The van der Waals surface area contributed by atoms with Crippen LogP contribution in [-0.4, -0.2) is 30.6 Å². The minimum atomic E-state index is 0.698. The van der Waals surface area contributed by atoms with E-state index in [1.54, 1.807) is 11.1 Å². The summed E-state index contributed by atoms with van der Waals surface area (Å²) in [4.78, 5) is 5.40. The van der Waals surface area contributed by atoms with Crippen LogP contribution in [0.3, 0.4) is 0 Å². The van der Waals surface area contributed by atoms with Gasteiger partial charge in [0, 0.05) is 34.3 Å². The van der Waals surface area contributed by atoms with Crippen LogP contribution in [0.2, 0.25) is 0 Å². The predicted molar refractivity (Wildman–Crippen MR) is 124 cm³/mol. The minimum absolute atomic E-state index is 0.698. The van der Waals surface area contributed by atoms with Crippen LogP contribution in [0.15, 0.2) is 42.5 Å². The molecule has 2 aliphatic rings. The molecule has 2 atom stereocenters. The molecule has 0 unspecified atom stereocenters. The third-order valence-corrected chi connectivity index (χ3v) is 7.23. The standard InChI is InChI=1S/C24H31IN2/c1-3-12-26(13-4-2)20-14-19-17-27(16-18-8-6-5-7-9-18)23-11-10-22(25)21(15-20)24(19)23/h5-11,19-20H,3-4,12-17H2,1-2H3/t19-,20-/m1/s1. The molecule has 2 nitrogen and oxygen atoms in total. The van der Waals surface area contributed by atoms with Crippen molar-refractivity contribution in [1.29, 1.82) is 0 Å². The van der Waals surface area contributed by atoms with E-state index < -0.39 is 0 Å². The van der Waals surface area contributed by atoms with E-state index >= 15 is 0 Å². The van der Waals surface area contributed by atoms with E-state index in [4.69, 9.17) is 0 Å². The van der Waals surface area contributed by atoms with Crippen molar-refractivity contribution in [2.45, 2.75) is 58.0 Å². The fourth-order valence-electron chi connectivity index (χ4n) is 5.14.